The quantitative estimate of drug-likeness (QED) is 0.789. The lowest BCUT2D eigenvalue weighted by Gasteiger charge is -1.92. The van der Waals surface area contributed by atoms with Crippen LogP contribution >= 0.6 is 15.9 Å². The summed E-state index contributed by atoms with van der Waals surface area (Å²) in [4.78, 5) is 3.14. The highest BCUT2D eigenvalue weighted by molar-refractivity contribution is 9.10. The van der Waals surface area contributed by atoms with Crippen molar-refractivity contribution in [2.45, 2.75) is 13.5 Å². The van der Waals surface area contributed by atoms with Gasteiger partial charge in [-0.1, -0.05) is 11.6 Å². The lowest BCUT2D eigenvalue weighted by molar-refractivity contribution is 0.277. The minimum atomic E-state index is 0.0360. The topological polar surface area (TPSA) is 36.0 Å². The van der Waals surface area contributed by atoms with Gasteiger partial charge < -0.3 is 10.1 Å². The zero-order valence-electron chi connectivity index (χ0n) is 7.26. The number of aliphatic hydroxyl groups excluding tert-OH is 1. The summed E-state index contributed by atoms with van der Waals surface area (Å²) in [6.45, 7) is 2.09. The SMILES string of the molecule is Cc1ccc2[nH]c(CO)c(Br)c2c1. The smallest absolute Gasteiger partial charge is 0.0842 e. The average molecular weight is 240 g/mol. The predicted molar refractivity (Wildman–Crippen MR) is 56.7 cm³/mol. The fraction of sp³-hybridized carbons (Fsp3) is 0.200. The van der Waals surface area contributed by atoms with E-state index in [2.05, 4.69) is 33.9 Å². The molecule has 0 saturated carbocycles. The van der Waals surface area contributed by atoms with E-state index in [4.69, 9.17) is 5.11 Å². The van der Waals surface area contributed by atoms with Gasteiger partial charge in [0, 0.05) is 15.4 Å². The molecule has 1 aromatic carbocycles. The van der Waals surface area contributed by atoms with Gasteiger partial charge in [0.1, 0.15) is 0 Å². The Morgan fingerprint density at radius 1 is 1.46 bits per heavy atom. The number of hydrogen-bond donors (Lipinski definition) is 2. The fourth-order valence-corrected chi connectivity index (χ4v) is 1.99. The van der Waals surface area contributed by atoms with E-state index in [-0.39, 0.29) is 6.61 Å². The molecule has 0 unspecified atom stereocenters. The molecule has 13 heavy (non-hydrogen) atoms. The van der Waals surface area contributed by atoms with Gasteiger partial charge in [0.05, 0.1) is 12.3 Å². The molecule has 2 rings (SSSR count). The van der Waals surface area contributed by atoms with Crippen molar-refractivity contribution in [2.75, 3.05) is 0 Å². The normalized spacial score (nSPS) is 11.0. The maximum atomic E-state index is 9.03. The molecular formula is C10H10BrNO. The largest absolute Gasteiger partial charge is 0.390 e. The van der Waals surface area contributed by atoms with E-state index in [1.165, 1.54) is 5.56 Å². The van der Waals surface area contributed by atoms with Crippen molar-refractivity contribution in [2.24, 2.45) is 0 Å². The molecular weight excluding hydrogens is 230 g/mol. The number of aromatic nitrogens is 1. The highest BCUT2D eigenvalue weighted by atomic mass is 79.9. The summed E-state index contributed by atoms with van der Waals surface area (Å²) >= 11 is 3.45. The second kappa shape index (κ2) is 3.16. The number of rotatable bonds is 1. The van der Waals surface area contributed by atoms with E-state index in [1.807, 2.05) is 12.1 Å². The van der Waals surface area contributed by atoms with E-state index in [9.17, 15) is 0 Å². The van der Waals surface area contributed by atoms with E-state index in [1.54, 1.807) is 0 Å². The minimum absolute atomic E-state index is 0.0360. The summed E-state index contributed by atoms with van der Waals surface area (Å²) in [6, 6.07) is 6.16. The molecule has 0 atom stereocenters. The van der Waals surface area contributed by atoms with Crippen molar-refractivity contribution in [3.05, 3.63) is 33.9 Å². The Kier molecular flexibility index (Phi) is 2.14. The Labute approximate surface area is 84.7 Å². The van der Waals surface area contributed by atoms with Crippen LogP contribution in [0.4, 0.5) is 0 Å². The zero-order chi connectivity index (χ0) is 9.42. The van der Waals surface area contributed by atoms with E-state index < -0.39 is 0 Å². The van der Waals surface area contributed by atoms with Gasteiger partial charge in [0.2, 0.25) is 0 Å². The zero-order valence-corrected chi connectivity index (χ0v) is 8.85. The molecule has 68 valence electrons. The third kappa shape index (κ3) is 1.38. The molecule has 1 aromatic heterocycles. The first-order valence-electron chi connectivity index (χ1n) is 4.10. The van der Waals surface area contributed by atoms with Crippen molar-refractivity contribution in [3.8, 4) is 0 Å². The van der Waals surface area contributed by atoms with Gasteiger partial charge in [-0.05, 0) is 35.0 Å². The number of nitrogens with one attached hydrogen (secondary N) is 1. The second-order valence-electron chi connectivity index (χ2n) is 3.12. The van der Waals surface area contributed by atoms with Crippen LogP contribution in [0.3, 0.4) is 0 Å². The van der Waals surface area contributed by atoms with Crippen molar-refractivity contribution in [1.82, 2.24) is 4.98 Å². The summed E-state index contributed by atoms with van der Waals surface area (Å²) in [5.41, 5.74) is 3.11. The van der Waals surface area contributed by atoms with Crippen LogP contribution in [-0.4, -0.2) is 10.1 Å². The molecule has 0 saturated heterocycles. The molecule has 0 aliphatic heterocycles. The molecule has 0 bridgehead atoms. The molecule has 0 radical (unpaired) electrons. The molecule has 0 aliphatic rings. The van der Waals surface area contributed by atoms with Gasteiger partial charge in [-0.25, -0.2) is 0 Å². The number of hydrogen-bond acceptors (Lipinski definition) is 1. The maximum Gasteiger partial charge on any atom is 0.0842 e. The van der Waals surface area contributed by atoms with Crippen LogP contribution in [0.1, 0.15) is 11.3 Å². The summed E-state index contributed by atoms with van der Waals surface area (Å²) in [5, 5.41) is 10.2. The Morgan fingerprint density at radius 2 is 2.23 bits per heavy atom. The summed E-state index contributed by atoms with van der Waals surface area (Å²) in [7, 11) is 0. The monoisotopic (exact) mass is 239 g/mol. The summed E-state index contributed by atoms with van der Waals surface area (Å²) < 4.78 is 0.966. The third-order valence-corrected chi connectivity index (χ3v) is 3.03. The lowest BCUT2D eigenvalue weighted by Crippen LogP contribution is -1.81. The number of aliphatic hydroxyl groups is 1. The molecule has 0 spiro atoms. The Bertz CT molecular complexity index is 447. The van der Waals surface area contributed by atoms with Gasteiger partial charge in [-0.15, -0.1) is 0 Å². The van der Waals surface area contributed by atoms with E-state index in [0.717, 1.165) is 21.1 Å². The number of halogens is 1. The molecule has 2 aromatic rings. The van der Waals surface area contributed by atoms with Crippen LogP contribution in [-0.2, 0) is 6.61 Å². The number of fused-ring (bicyclic) bond motifs is 1. The highest BCUT2D eigenvalue weighted by Gasteiger charge is 2.07. The molecule has 0 aliphatic carbocycles. The third-order valence-electron chi connectivity index (χ3n) is 2.12. The standard InChI is InChI=1S/C10H10BrNO/c1-6-2-3-8-7(4-6)10(11)9(5-13)12-8/h2-4,12-13H,5H2,1H3. The number of aromatic amines is 1. The molecule has 0 fully saturated rings. The Balaban J connectivity index is 2.77. The number of H-pyrrole nitrogens is 1. The molecule has 0 amide bonds. The Morgan fingerprint density at radius 3 is 2.92 bits per heavy atom. The van der Waals surface area contributed by atoms with Crippen LogP contribution in [0.5, 0.6) is 0 Å². The van der Waals surface area contributed by atoms with Crippen LogP contribution in [0, 0.1) is 6.92 Å². The molecule has 1 heterocycles. The van der Waals surface area contributed by atoms with Crippen LogP contribution in [0.25, 0.3) is 10.9 Å². The van der Waals surface area contributed by atoms with Gasteiger partial charge in [-0.3, -0.25) is 0 Å². The van der Waals surface area contributed by atoms with Crippen LogP contribution in [0.15, 0.2) is 22.7 Å². The first-order valence-corrected chi connectivity index (χ1v) is 4.89. The highest BCUT2D eigenvalue weighted by Crippen LogP contribution is 2.28. The van der Waals surface area contributed by atoms with Gasteiger partial charge in [0.25, 0.3) is 0 Å². The van der Waals surface area contributed by atoms with Crippen molar-refractivity contribution >= 4 is 26.8 Å². The van der Waals surface area contributed by atoms with Crippen molar-refractivity contribution in [3.63, 3.8) is 0 Å². The molecule has 3 heteroatoms. The minimum Gasteiger partial charge on any atom is -0.390 e. The van der Waals surface area contributed by atoms with E-state index in [0.29, 0.717) is 0 Å². The number of aryl methyl sites for hydroxylation is 1. The molecule has 2 nitrogen and oxygen atoms in total. The average Bonchev–Trinajstić information content (AvgIpc) is 2.44. The first kappa shape index (κ1) is 8.78. The van der Waals surface area contributed by atoms with Crippen LogP contribution in [0.2, 0.25) is 0 Å². The Hall–Kier alpha value is -0.800. The van der Waals surface area contributed by atoms with Gasteiger partial charge in [-0.2, -0.15) is 0 Å². The number of benzene rings is 1. The maximum absolute atomic E-state index is 9.03. The van der Waals surface area contributed by atoms with E-state index >= 15 is 0 Å². The fourth-order valence-electron chi connectivity index (χ4n) is 1.44. The van der Waals surface area contributed by atoms with Crippen LogP contribution < -0.4 is 0 Å². The first-order chi connectivity index (χ1) is 6.22. The summed E-state index contributed by atoms with van der Waals surface area (Å²) in [5.74, 6) is 0. The van der Waals surface area contributed by atoms with Crippen molar-refractivity contribution in [1.29, 1.82) is 0 Å². The lowest BCUT2D eigenvalue weighted by atomic mass is 10.2. The summed E-state index contributed by atoms with van der Waals surface area (Å²) in [6.07, 6.45) is 0. The van der Waals surface area contributed by atoms with Crippen molar-refractivity contribution < 1.29 is 5.11 Å². The van der Waals surface area contributed by atoms with Gasteiger partial charge in [0.15, 0.2) is 0 Å². The van der Waals surface area contributed by atoms with Gasteiger partial charge >= 0.3 is 0 Å². The predicted octanol–water partition coefficient (Wildman–Crippen LogP) is 2.73. The second-order valence-corrected chi connectivity index (χ2v) is 3.92. The molecule has 2 N–H and O–H groups in total.